The third-order valence-electron chi connectivity index (χ3n) is 4.20. The second kappa shape index (κ2) is 7.86. The zero-order valence-electron chi connectivity index (χ0n) is 13.9. The van der Waals surface area contributed by atoms with E-state index in [1.165, 1.54) is 10.4 Å². The van der Waals surface area contributed by atoms with Crippen LogP contribution in [0.4, 0.5) is 5.69 Å². The number of hydrogen-bond donors (Lipinski definition) is 1. The maximum atomic E-state index is 12.4. The minimum atomic E-state index is -3.31. The van der Waals surface area contributed by atoms with Crippen LogP contribution in [-0.4, -0.2) is 26.6 Å². The van der Waals surface area contributed by atoms with E-state index in [0.717, 1.165) is 12.0 Å². The van der Waals surface area contributed by atoms with Crippen molar-refractivity contribution in [3.05, 3.63) is 63.6 Å². The summed E-state index contributed by atoms with van der Waals surface area (Å²) in [5.41, 5.74) is 1.71. The van der Waals surface area contributed by atoms with E-state index in [9.17, 15) is 13.2 Å². The number of carbonyl (C=O) groups is 1. The highest BCUT2D eigenvalue weighted by atomic mass is 35.5. The molecular weight excluding hydrogens is 395 g/mol. The van der Waals surface area contributed by atoms with Crippen molar-refractivity contribution in [3.63, 3.8) is 0 Å². The molecule has 2 aromatic carbocycles. The third kappa shape index (κ3) is 4.31. The fourth-order valence-corrected chi connectivity index (χ4v) is 4.82. The molecule has 0 atom stereocenters. The molecule has 8 heteroatoms. The van der Waals surface area contributed by atoms with Crippen LogP contribution in [0.1, 0.15) is 28.8 Å². The largest absolute Gasteiger partial charge is 0.348 e. The van der Waals surface area contributed by atoms with Crippen LogP contribution >= 0.6 is 23.2 Å². The fourth-order valence-electron chi connectivity index (χ4n) is 2.80. The van der Waals surface area contributed by atoms with Gasteiger partial charge in [-0.15, -0.1) is 0 Å². The van der Waals surface area contributed by atoms with Crippen molar-refractivity contribution in [2.75, 3.05) is 16.6 Å². The Morgan fingerprint density at radius 1 is 1.08 bits per heavy atom. The third-order valence-corrected chi connectivity index (χ3v) is 6.64. The van der Waals surface area contributed by atoms with Gasteiger partial charge in [-0.05, 0) is 48.7 Å². The van der Waals surface area contributed by atoms with E-state index in [-0.39, 0.29) is 16.7 Å². The molecule has 2 aromatic rings. The average molecular weight is 413 g/mol. The Bertz CT molecular complexity index is 915. The summed E-state index contributed by atoms with van der Waals surface area (Å²) in [6, 6.07) is 11.9. The van der Waals surface area contributed by atoms with Crippen LogP contribution in [0, 0.1) is 0 Å². The number of nitrogens with zero attached hydrogens (tertiary/aromatic N) is 1. The molecule has 0 spiro atoms. The van der Waals surface area contributed by atoms with Crippen molar-refractivity contribution >= 4 is 44.8 Å². The van der Waals surface area contributed by atoms with Gasteiger partial charge in [0.05, 0.1) is 22.0 Å². The number of benzene rings is 2. The number of carbonyl (C=O) groups excluding carboxylic acids is 1. The molecule has 0 radical (unpaired) electrons. The number of amides is 1. The first-order valence-electron chi connectivity index (χ1n) is 8.19. The monoisotopic (exact) mass is 412 g/mol. The summed E-state index contributed by atoms with van der Waals surface area (Å²) in [5.74, 6) is -0.188. The van der Waals surface area contributed by atoms with Gasteiger partial charge in [0.25, 0.3) is 5.91 Å². The van der Waals surface area contributed by atoms with E-state index in [4.69, 9.17) is 23.2 Å². The second-order valence-electron chi connectivity index (χ2n) is 6.07. The number of hydrogen-bond acceptors (Lipinski definition) is 3. The summed E-state index contributed by atoms with van der Waals surface area (Å²) in [6.45, 7) is 0.773. The summed E-state index contributed by atoms with van der Waals surface area (Å²) in [4.78, 5) is 12.4. The molecule has 1 aliphatic rings. The Morgan fingerprint density at radius 2 is 1.81 bits per heavy atom. The van der Waals surface area contributed by atoms with Gasteiger partial charge in [-0.3, -0.25) is 9.10 Å². The lowest BCUT2D eigenvalue weighted by atomic mass is 10.1. The number of sulfonamides is 1. The molecule has 0 saturated carbocycles. The first kappa shape index (κ1) is 19.0. The molecule has 0 bridgehead atoms. The van der Waals surface area contributed by atoms with Crippen molar-refractivity contribution in [3.8, 4) is 0 Å². The molecule has 138 valence electrons. The van der Waals surface area contributed by atoms with Crippen molar-refractivity contribution in [2.45, 2.75) is 19.4 Å². The first-order chi connectivity index (χ1) is 12.4. The van der Waals surface area contributed by atoms with Gasteiger partial charge in [0, 0.05) is 18.1 Å². The number of rotatable bonds is 4. The molecule has 0 aromatic heterocycles. The minimum Gasteiger partial charge on any atom is -0.348 e. The van der Waals surface area contributed by atoms with Crippen LogP contribution < -0.4 is 9.62 Å². The fraction of sp³-hybridized carbons (Fsp3) is 0.278. The predicted octanol–water partition coefficient (Wildman–Crippen LogP) is 3.85. The van der Waals surface area contributed by atoms with E-state index >= 15 is 0 Å². The molecule has 1 aliphatic heterocycles. The Labute approximate surface area is 163 Å². The number of nitrogens with one attached hydrogen (secondary N) is 1. The van der Waals surface area contributed by atoms with Gasteiger partial charge in [-0.25, -0.2) is 8.42 Å². The highest BCUT2D eigenvalue weighted by molar-refractivity contribution is 7.92. The minimum absolute atomic E-state index is 0.133. The Morgan fingerprint density at radius 3 is 2.46 bits per heavy atom. The maximum absolute atomic E-state index is 12.4. The van der Waals surface area contributed by atoms with Gasteiger partial charge in [-0.2, -0.15) is 0 Å². The lowest BCUT2D eigenvalue weighted by molar-refractivity contribution is 0.0951. The lowest BCUT2D eigenvalue weighted by Gasteiger charge is -2.28. The van der Waals surface area contributed by atoms with E-state index in [1.807, 2.05) is 12.1 Å². The van der Waals surface area contributed by atoms with Gasteiger partial charge in [0.1, 0.15) is 0 Å². The Kier molecular flexibility index (Phi) is 5.75. The van der Waals surface area contributed by atoms with E-state index in [2.05, 4.69) is 5.32 Å². The smallest absolute Gasteiger partial charge is 0.253 e. The van der Waals surface area contributed by atoms with Crippen LogP contribution in [0.25, 0.3) is 0 Å². The molecule has 1 amide bonds. The molecule has 1 fully saturated rings. The van der Waals surface area contributed by atoms with Crippen molar-refractivity contribution < 1.29 is 13.2 Å². The molecule has 26 heavy (non-hydrogen) atoms. The maximum Gasteiger partial charge on any atom is 0.253 e. The van der Waals surface area contributed by atoms with Crippen LogP contribution in [0.3, 0.4) is 0 Å². The van der Waals surface area contributed by atoms with Crippen LogP contribution in [0.15, 0.2) is 42.5 Å². The Hall–Kier alpha value is -1.76. The van der Waals surface area contributed by atoms with Crippen molar-refractivity contribution in [1.82, 2.24) is 5.32 Å². The van der Waals surface area contributed by atoms with Crippen molar-refractivity contribution in [1.29, 1.82) is 0 Å². The first-order valence-corrected chi connectivity index (χ1v) is 10.6. The number of halogens is 2. The lowest BCUT2D eigenvalue weighted by Crippen LogP contribution is -2.37. The van der Waals surface area contributed by atoms with Gasteiger partial charge in [0.15, 0.2) is 0 Å². The summed E-state index contributed by atoms with van der Waals surface area (Å²) in [7, 11) is -3.31. The summed E-state index contributed by atoms with van der Waals surface area (Å²) in [6.07, 6.45) is 1.47. The average Bonchev–Trinajstić information content (AvgIpc) is 2.60. The van der Waals surface area contributed by atoms with Crippen LogP contribution in [0.2, 0.25) is 10.0 Å². The molecule has 1 saturated heterocycles. The summed E-state index contributed by atoms with van der Waals surface area (Å²) < 4.78 is 25.7. The summed E-state index contributed by atoms with van der Waals surface area (Å²) in [5, 5.41) is 3.64. The van der Waals surface area contributed by atoms with Gasteiger partial charge in [-0.1, -0.05) is 35.3 Å². The zero-order valence-corrected chi connectivity index (χ0v) is 16.2. The molecule has 1 heterocycles. The molecular formula is C18H18Cl2N2O3S. The standard InChI is InChI=1S/C18H18Cl2N2O3S/c19-14-5-3-13(4-6-14)12-21-18(23)16-8-7-15(11-17(16)20)22-9-1-2-10-26(22,24)25/h3-8,11H,1-2,9-10,12H2,(H,21,23). The molecule has 0 unspecified atom stereocenters. The predicted molar refractivity (Wildman–Crippen MR) is 104 cm³/mol. The van der Waals surface area contributed by atoms with Crippen LogP contribution in [-0.2, 0) is 16.6 Å². The molecule has 5 nitrogen and oxygen atoms in total. The molecule has 3 rings (SSSR count). The highest BCUT2D eigenvalue weighted by Gasteiger charge is 2.26. The topological polar surface area (TPSA) is 66.5 Å². The normalized spacial score (nSPS) is 16.3. The second-order valence-corrected chi connectivity index (χ2v) is 8.93. The zero-order chi connectivity index (χ0) is 18.7. The van der Waals surface area contributed by atoms with Crippen LogP contribution in [0.5, 0.6) is 0 Å². The van der Waals surface area contributed by atoms with Gasteiger partial charge < -0.3 is 5.32 Å². The quantitative estimate of drug-likeness (QED) is 0.828. The van der Waals surface area contributed by atoms with Crippen molar-refractivity contribution in [2.24, 2.45) is 0 Å². The van der Waals surface area contributed by atoms with E-state index < -0.39 is 10.0 Å². The highest BCUT2D eigenvalue weighted by Crippen LogP contribution is 2.28. The summed E-state index contributed by atoms with van der Waals surface area (Å²) >= 11 is 12.1. The van der Waals surface area contributed by atoms with Gasteiger partial charge >= 0.3 is 0 Å². The van der Waals surface area contributed by atoms with E-state index in [1.54, 1.807) is 24.3 Å². The Balaban J connectivity index is 1.72. The van der Waals surface area contributed by atoms with Gasteiger partial charge in [0.2, 0.25) is 10.0 Å². The van der Waals surface area contributed by atoms with E-state index in [0.29, 0.717) is 35.8 Å². The molecule has 0 aliphatic carbocycles. The SMILES string of the molecule is O=C(NCc1ccc(Cl)cc1)c1ccc(N2CCCCS2(=O)=O)cc1Cl. The number of anilines is 1. The molecule has 1 N–H and O–H groups in total.